The molecule has 1 saturated heterocycles. The summed E-state index contributed by atoms with van der Waals surface area (Å²) in [5.74, 6) is -0.0312. The van der Waals surface area contributed by atoms with Crippen molar-refractivity contribution in [2.45, 2.75) is 19.0 Å². The van der Waals surface area contributed by atoms with Gasteiger partial charge in [-0.3, -0.25) is 4.79 Å². The number of ether oxygens (including phenoxy) is 1. The van der Waals surface area contributed by atoms with Crippen molar-refractivity contribution in [2.24, 2.45) is 5.92 Å². The minimum atomic E-state index is -4.38. The van der Waals surface area contributed by atoms with Gasteiger partial charge in [0, 0.05) is 31.3 Å². The second kappa shape index (κ2) is 6.80. The molecule has 0 aliphatic carbocycles. The van der Waals surface area contributed by atoms with Crippen LogP contribution in [0, 0.1) is 5.92 Å². The average Bonchev–Trinajstić information content (AvgIpc) is 2.52. The van der Waals surface area contributed by atoms with Gasteiger partial charge in [-0.25, -0.2) is 4.98 Å². The lowest BCUT2D eigenvalue weighted by Crippen LogP contribution is -2.43. The molecular weight excluding hydrogens is 301 g/mol. The molecule has 9 heteroatoms. The number of anilines is 1. The molecule has 0 saturated carbocycles. The van der Waals surface area contributed by atoms with Crippen LogP contribution in [-0.2, 0) is 4.79 Å². The highest BCUT2D eigenvalue weighted by Gasteiger charge is 2.31. The van der Waals surface area contributed by atoms with Crippen LogP contribution in [0.4, 0.5) is 19.1 Å². The van der Waals surface area contributed by atoms with Gasteiger partial charge >= 0.3 is 6.18 Å². The topological polar surface area (TPSA) is 67.3 Å². The van der Waals surface area contributed by atoms with Crippen molar-refractivity contribution in [2.75, 3.05) is 31.6 Å². The van der Waals surface area contributed by atoms with Crippen LogP contribution in [0.3, 0.4) is 0 Å². The molecule has 0 spiro atoms. The number of methoxy groups -OCH3 is 1. The number of nitrogens with one attached hydrogen (secondary N) is 1. The fourth-order valence-electron chi connectivity index (χ4n) is 2.27. The van der Waals surface area contributed by atoms with Gasteiger partial charge in [0.05, 0.1) is 7.11 Å². The van der Waals surface area contributed by atoms with E-state index in [2.05, 4.69) is 9.97 Å². The van der Waals surface area contributed by atoms with Gasteiger partial charge in [-0.05, 0) is 12.8 Å². The fourth-order valence-corrected chi connectivity index (χ4v) is 2.27. The van der Waals surface area contributed by atoms with Crippen LogP contribution in [0.15, 0.2) is 12.3 Å². The Kier molecular flexibility index (Phi) is 5.04. The van der Waals surface area contributed by atoms with Crippen LogP contribution in [0.1, 0.15) is 12.8 Å². The zero-order chi connectivity index (χ0) is 16.2. The van der Waals surface area contributed by atoms with E-state index >= 15 is 0 Å². The van der Waals surface area contributed by atoms with Gasteiger partial charge in [0.1, 0.15) is 6.54 Å². The van der Waals surface area contributed by atoms with Gasteiger partial charge in [0.15, 0.2) is 0 Å². The zero-order valence-corrected chi connectivity index (χ0v) is 12.1. The van der Waals surface area contributed by atoms with Crippen molar-refractivity contribution < 1.29 is 22.7 Å². The number of rotatable bonds is 4. The number of amides is 1. The molecule has 1 amide bonds. The standard InChI is InChI=1S/C13H17F3N4O2/c1-22-10-2-5-17-12(19-10)20-6-3-9(4-7-20)11(21)18-8-13(14,15)16/h2,5,9H,3-4,6-8H2,1H3,(H,18,21). The molecule has 2 heterocycles. The molecule has 6 nitrogen and oxygen atoms in total. The maximum Gasteiger partial charge on any atom is 0.405 e. The van der Waals surface area contributed by atoms with Crippen LogP contribution in [0.25, 0.3) is 0 Å². The molecule has 1 N–H and O–H groups in total. The van der Waals surface area contributed by atoms with Crippen molar-refractivity contribution >= 4 is 11.9 Å². The minimum Gasteiger partial charge on any atom is -0.481 e. The maximum absolute atomic E-state index is 12.1. The highest BCUT2D eigenvalue weighted by molar-refractivity contribution is 5.79. The van der Waals surface area contributed by atoms with Gasteiger partial charge in [-0.15, -0.1) is 0 Å². The number of halogens is 3. The molecular formula is C13H17F3N4O2. The number of alkyl halides is 3. The molecule has 0 unspecified atom stereocenters. The van der Waals surface area contributed by atoms with E-state index in [9.17, 15) is 18.0 Å². The summed E-state index contributed by atoms with van der Waals surface area (Å²) in [6, 6.07) is 1.63. The predicted molar refractivity (Wildman–Crippen MR) is 72.6 cm³/mol. The summed E-state index contributed by atoms with van der Waals surface area (Å²) in [7, 11) is 1.50. The lowest BCUT2D eigenvalue weighted by Gasteiger charge is -2.31. The first-order valence-corrected chi connectivity index (χ1v) is 6.85. The van der Waals surface area contributed by atoms with E-state index in [0.29, 0.717) is 37.8 Å². The smallest absolute Gasteiger partial charge is 0.405 e. The normalized spacial score (nSPS) is 16.5. The Labute approximate surface area is 125 Å². The highest BCUT2D eigenvalue weighted by Crippen LogP contribution is 2.22. The van der Waals surface area contributed by atoms with Crippen molar-refractivity contribution in [1.29, 1.82) is 0 Å². The summed E-state index contributed by atoms with van der Waals surface area (Å²) in [4.78, 5) is 21.9. The number of carbonyl (C=O) groups excluding carboxylic acids is 1. The molecule has 2 rings (SSSR count). The van der Waals surface area contributed by atoms with Crippen molar-refractivity contribution in [3.8, 4) is 5.88 Å². The van der Waals surface area contributed by atoms with E-state index < -0.39 is 24.5 Å². The molecule has 0 radical (unpaired) electrons. The van der Waals surface area contributed by atoms with Crippen molar-refractivity contribution in [1.82, 2.24) is 15.3 Å². The maximum atomic E-state index is 12.1. The Balaban J connectivity index is 1.86. The Bertz CT molecular complexity index is 516. The number of piperidine rings is 1. The number of aromatic nitrogens is 2. The summed E-state index contributed by atoms with van der Waals surface area (Å²) in [6.45, 7) is -0.264. The Morgan fingerprint density at radius 1 is 1.45 bits per heavy atom. The minimum absolute atomic E-state index is 0.413. The SMILES string of the molecule is COc1ccnc(N2CCC(C(=O)NCC(F)(F)F)CC2)n1. The third kappa shape index (κ3) is 4.47. The van der Waals surface area contributed by atoms with E-state index in [-0.39, 0.29) is 0 Å². The van der Waals surface area contributed by atoms with Gasteiger partial charge in [-0.1, -0.05) is 0 Å². The Hall–Kier alpha value is -2.06. The monoisotopic (exact) mass is 318 g/mol. The van der Waals surface area contributed by atoms with Crippen LogP contribution in [0.2, 0.25) is 0 Å². The first-order valence-electron chi connectivity index (χ1n) is 6.85. The zero-order valence-electron chi connectivity index (χ0n) is 12.1. The van der Waals surface area contributed by atoms with Crippen LogP contribution in [-0.4, -0.2) is 48.8 Å². The molecule has 22 heavy (non-hydrogen) atoms. The van der Waals surface area contributed by atoms with Crippen molar-refractivity contribution in [3.63, 3.8) is 0 Å². The summed E-state index contributed by atoms with van der Waals surface area (Å²) in [5.41, 5.74) is 0. The second-order valence-corrected chi connectivity index (χ2v) is 4.99. The molecule has 1 aliphatic heterocycles. The van der Waals surface area contributed by atoms with Crippen LogP contribution in [0.5, 0.6) is 5.88 Å². The number of hydrogen-bond donors (Lipinski definition) is 1. The van der Waals surface area contributed by atoms with E-state index in [1.807, 2.05) is 10.2 Å². The molecule has 0 bridgehead atoms. The molecule has 1 aromatic rings. The summed E-state index contributed by atoms with van der Waals surface area (Å²) < 4.78 is 41.3. The van der Waals surface area contributed by atoms with E-state index in [0.717, 1.165) is 0 Å². The second-order valence-electron chi connectivity index (χ2n) is 4.99. The van der Waals surface area contributed by atoms with E-state index in [4.69, 9.17) is 4.74 Å². The van der Waals surface area contributed by atoms with Gasteiger partial charge in [-0.2, -0.15) is 18.2 Å². The largest absolute Gasteiger partial charge is 0.481 e. The lowest BCUT2D eigenvalue weighted by atomic mass is 9.96. The molecule has 1 aliphatic rings. The van der Waals surface area contributed by atoms with E-state index in [1.54, 1.807) is 12.3 Å². The first-order chi connectivity index (χ1) is 10.4. The van der Waals surface area contributed by atoms with Gasteiger partial charge < -0.3 is 15.0 Å². The number of nitrogens with zero attached hydrogens (tertiary/aromatic N) is 3. The molecule has 0 atom stereocenters. The van der Waals surface area contributed by atoms with Gasteiger partial charge in [0.2, 0.25) is 17.7 Å². The number of carbonyl (C=O) groups is 1. The fraction of sp³-hybridized carbons (Fsp3) is 0.615. The van der Waals surface area contributed by atoms with E-state index in [1.165, 1.54) is 7.11 Å². The summed E-state index contributed by atoms with van der Waals surface area (Å²) >= 11 is 0. The van der Waals surface area contributed by atoms with Crippen LogP contribution < -0.4 is 15.0 Å². The Morgan fingerprint density at radius 3 is 2.73 bits per heavy atom. The highest BCUT2D eigenvalue weighted by atomic mass is 19.4. The summed E-state index contributed by atoms with van der Waals surface area (Å²) in [6.07, 6.45) is -1.89. The average molecular weight is 318 g/mol. The third-order valence-electron chi connectivity index (χ3n) is 3.44. The Morgan fingerprint density at radius 2 is 2.14 bits per heavy atom. The molecule has 0 aromatic carbocycles. The first kappa shape index (κ1) is 16.3. The third-order valence-corrected chi connectivity index (χ3v) is 3.44. The molecule has 1 fully saturated rings. The number of hydrogen-bond acceptors (Lipinski definition) is 5. The molecule has 1 aromatic heterocycles. The van der Waals surface area contributed by atoms with Crippen molar-refractivity contribution in [3.05, 3.63) is 12.3 Å². The van der Waals surface area contributed by atoms with Crippen LogP contribution >= 0.6 is 0 Å². The predicted octanol–water partition coefficient (Wildman–Crippen LogP) is 1.38. The quantitative estimate of drug-likeness (QED) is 0.908. The lowest BCUT2D eigenvalue weighted by molar-refractivity contribution is -0.141. The van der Waals surface area contributed by atoms with Gasteiger partial charge in [0.25, 0.3) is 0 Å². The molecule has 122 valence electrons. The summed E-state index contributed by atoms with van der Waals surface area (Å²) in [5, 5.41) is 1.93.